The van der Waals surface area contributed by atoms with E-state index in [1.807, 2.05) is 6.07 Å². The molecule has 0 saturated carbocycles. The molecule has 0 bridgehead atoms. The number of hydrogen-bond acceptors (Lipinski definition) is 9. The molecule has 2 amide bonds. The van der Waals surface area contributed by atoms with E-state index in [-0.39, 0.29) is 31.1 Å². The summed E-state index contributed by atoms with van der Waals surface area (Å²) in [5, 5.41) is 2.50. The molecule has 1 atom stereocenters. The summed E-state index contributed by atoms with van der Waals surface area (Å²) in [5.74, 6) is 4.78. The number of amides is 2. The van der Waals surface area contributed by atoms with E-state index in [0.29, 0.717) is 10.1 Å². The quantitative estimate of drug-likeness (QED) is 0.209. The highest BCUT2D eigenvalue weighted by Crippen LogP contribution is 2.26. The summed E-state index contributed by atoms with van der Waals surface area (Å²) in [7, 11) is -4.68. The summed E-state index contributed by atoms with van der Waals surface area (Å²) in [6.07, 6.45) is -2.40. The Morgan fingerprint density at radius 1 is 0.907 bits per heavy atom. The Hall–Kier alpha value is -4.24. The van der Waals surface area contributed by atoms with Crippen LogP contribution in [0, 0.1) is 11.8 Å². The first-order valence-corrected chi connectivity index (χ1v) is 15.0. The highest BCUT2D eigenvalue weighted by molar-refractivity contribution is 7.89. The third-order valence-electron chi connectivity index (χ3n) is 5.30. The van der Waals surface area contributed by atoms with Crippen molar-refractivity contribution in [3.05, 3.63) is 60.2 Å². The predicted molar refractivity (Wildman–Crippen MR) is 160 cm³/mol. The number of ether oxygens (including phenoxy) is 4. The number of nitrogens with zero attached hydrogens (tertiary/aromatic N) is 1. The zero-order valence-corrected chi connectivity index (χ0v) is 26.4. The van der Waals surface area contributed by atoms with Crippen LogP contribution in [0.25, 0.3) is 0 Å². The highest BCUT2D eigenvalue weighted by Gasteiger charge is 2.43. The van der Waals surface area contributed by atoms with E-state index in [1.165, 1.54) is 24.3 Å². The SMILES string of the molecule is CC#CCOc1ccc(S(=O)(=O)N(C(=O)OC(C)(C)C)[C@H](CCNC(=O)OCc2ccccc2)C(=O)OC(C)(C)C)cc1. The van der Waals surface area contributed by atoms with Gasteiger partial charge in [-0.25, -0.2) is 22.8 Å². The van der Waals surface area contributed by atoms with E-state index in [2.05, 4.69) is 17.2 Å². The van der Waals surface area contributed by atoms with Gasteiger partial charge in [0.1, 0.15) is 30.2 Å². The maximum Gasteiger partial charge on any atom is 0.425 e. The van der Waals surface area contributed by atoms with E-state index in [1.54, 1.807) is 72.7 Å². The molecule has 2 rings (SSSR count). The fourth-order valence-electron chi connectivity index (χ4n) is 3.50. The molecule has 0 radical (unpaired) electrons. The number of rotatable bonds is 11. The first-order valence-electron chi connectivity index (χ1n) is 13.6. The van der Waals surface area contributed by atoms with E-state index >= 15 is 0 Å². The molecule has 0 unspecified atom stereocenters. The van der Waals surface area contributed by atoms with Gasteiger partial charge in [-0.15, -0.1) is 5.92 Å². The summed E-state index contributed by atoms with van der Waals surface area (Å²) in [5.41, 5.74) is -1.34. The van der Waals surface area contributed by atoms with Crippen LogP contribution in [0.15, 0.2) is 59.5 Å². The van der Waals surface area contributed by atoms with E-state index in [0.717, 1.165) is 5.56 Å². The molecule has 12 heteroatoms. The molecule has 0 aliphatic rings. The van der Waals surface area contributed by atoms with Gasteiger partial charge in [0.05, 0.1) is 4.90 Å². The number of carbonyl (C=O) groups excluding carboxylic acids is 3. The van der Waals surface area contributed by atoms with Crippen LogP contribution in [0.2, 0.25) is 0 Å². The maximum absolute atomic E-state index is 13.9. The number of nitrogens with one attached hydrogen (secondary N) is 1. The van der Waals surface area contributed by atoms with Crippen molar-refractivity contribution < 1.29 is 41.7 Å². The van der Waals surface area contributed by atoms with Crippen LogP contribution < -0.4 is 10.1 Å². The summed E-state index contributed by atoms with van der Waals surface area (Å²) in [4.78, 5) is 38.9. The Kier molecular flexibility index (Phi) is 12.4. The van der Waals surface area contributed by atoms with Crippen LogP contribution in [0.3, 0.4) is 0 Å². The number of carbonyl (C=O) groups is 3. The number of hydrogen-bond donors (Lipinski definition) is 1. The van der Waals surface area contributed by atoms with Gasteiger partial charge in [-0.05, 0) is 84.7 Å². The van der Waals surface area contributed by atoms with E-state index in [4.69, 9.17) is 18.9 Å². The Morgan fingerprint density at radius 3 is 2.07 bits per heavy atom. The fourth-order valence-corrected chi connectivity index (χ4v) is 4.97. The normalized spacial score (nSPS) is 12.2. The van der Waals surface area contributed by atoms with Crippen LogP contribution in [-0.4, -0.2) is 61.3 Å². The smallest absolute Gasteiger partial charge is 0.425 e. The van der Waals surface area contributed by atoms with Gasteiger partial charge in [-0.3, -0.25) is 0 Å². The van der Waals surface area contributed by atoms with Crippen LogP contribution in [0.5, 0.6) is 5.75 Å². The van der Waals surface area contributed by atoms with Crippen LogP contribution >= 0.6 is 0 Å². The molecular weight excluding hydrogens is 576 g/mol. The van der Waals surface area contributed by atoms with Crippen molar-refractivity contribution in [2.75, 3.05) is 13.2 Å². The van der Waals surface area contributed by atoms with E-state index < -0.39 is 45.4 Å². The standard InChI is InChI=1S/C31H40N2O9S/c1-8-9-21-39-24-15-17-25(18-16-24)43(37,38)33(29(36)42-31(5,6)7)26(27(34)41-30(2,3)4)19-20-32-28(35)40-22-23-13-11-10-12-14-23/h10-18,26H,19-22H2,1-7H3,(H,32,35)/t26-/m1/s1. The Labute approximate surface area is 253 Å². The molecule has 43 heavy (non-hydrogen) atoms. The lowest BCUT2D eigenvalue weighted by Gasteiger charge is -2.33. The van der Waals surface area contributed by atoms with Crippen molar-refractivity contribution in [1.29, 1.82) is 0 Å². The van der Waals surface area contributed by atoms with Crippen LogP contribution in [0.1, 0.15) is 60.5 Å². The Morgan fingerprint density at radius 2 is 1.51 bits per heavy atom. The largest absolute Gasteiger partial charge is 0.481 e. The van der Waals surface area contributed by atoms with Gasteiger partial charge in [-0.1, -0.05) is 36.3 Å². The molecule has 0 heterocycles. The van der Waals surface area contributed by atoms with Gasteiger partial charge in [0, 0.05) is 6.54 Å². The molecule has 0 aliphatic carbocycles. The molecule has 0 aliphatic heterocycles. The molecule has 11 nitrogen and oxygen atoms in total. The zero-order chi connectivity index (χ0) is 32.3. The lowest BCUT2D eigenvalue weighted by atomic mass is 10.1. The second kappa shape index (κ2) is 15.3. The van der Waals surface area contributed by atoms with Gasteiger partial charge >= 0.3 is 18.2 Å². The summed E-state index contributed by atoms with van der Waals surface area (Å²) >= 11 is 0. The third-order valence-corrected chi connectivity index (χ3v) is 7.09. The van der Waals surface area contributed by atoms with Gasteiger partial charge in [0.25, 0.3) is 10.0 Å². The lowest BCUT2D eigenvalue weighted by molar-refractivity contribution is -0.159. The minimum atomic E-state index is -4.68. The van der Waals surface area contributed by atoms with Crippen molar-refractivity contribution in [3.8, 4) is 17.6 Å². The number of benzene rings is 2. The van der Waals surface area contributed by atoms with Crippen molar-refractivity contribution >= 4 is 28.2 Å². The Bertz CT molecular complexity index is 1400. The lowest BCUT2D eigenvalue weighted by Crippen LogP contribution is -2.52. The van der Waals surface area contributed by atoms with Crippen LogP contribution in [0.4, 0.5) is 9.59 Å². The summed E-state index contributed by atoms with van der Waals surface area (Å²) < 4.78 is 49.8. The first kappa shape index (κ1) is 35.0. The molecule has 2 aromatic carbocycles. The molecule has 234 valence electrons. The number of alkyl carbamates (subject to hydrolysis) is 1. The minimum Gasteiger partial charge on any atom is -0.481 e. The van der Waals surface area contributed by atoms with Gasteiger partial charge in [-0.2, -0.15) is 4.31 Å². The van der Waals surface area contributed by atoms with Crippen molar-refractivity contribution in [2.45, 2.75) is 83.6 Å². The second-order valence-corrected chi connectivity index (χ2v) is 13.1. The summed E-state index contributed by atoms with van der Waals surface area (Å²) in [6, 6.07) is 12.6. The first-order chi connectivity index (χ1) is 20.0. The number of sulfonamides is 1. The molecule has 0 aromatic heterocycles. The highest BCUT2D eigenvalue weighted by atomic mass is 32.2. The van der Waals surface area contributed by atoms with E-state index in [9.17, 15) is 22.8 Å². The maximum atomic E-state index is 13.9. The average molecular weight is 617 g/mol. The molecule has 0 saturated heterocycles. The predicted octanol–water partition coefficient (Wildman–Crippen LogP) is 5.04. The van der Waals surface area contributed by atoms with Crippen molar-refractivity contribution in [2.24, 2.45) is 0 Å². The van der Waals surface area contributed by atoms with Gasteiger partial charge < -0.3 is 24.3 Å². The second-order valence-electron chi connectivity index (χ2n) is 11.3. The van der Waals surface area contributed by atoms with Gasteiger partial charge in [0.2, 0.25) is 0 Å². The monoisotopic (exact) mass is 616 g/mol. The molecular formula is C31H40N2O9S. The van der Waals surface area contributed by atoms with Crippen molar-refractivity contribution in [3.63, 3.8) is 0 Å². The summed E-state index contributed by atoms with van der Waals surface area (Å²) in [6.45, 7) is 11.1. The van der Waals surface area contributed by atoms with Gasteiger partial charge in [0.15, 0.2) is 6.04 Å². The molecule has 1 N–H and O–H groups in total. The fraction of sp³-hybridized carbons (Fsp3) is 0.452. The number of esters is 1. The Balaban J connectivity index is 2.39. The minimum absolute atomic E-state index is 0.00527. The molecule has 2 aromatic rings. The van der Waals surface area contributed by atoms with Crippen molar-refractivity contribution in [1.82, 2.24) is 9.62 Å². The van der Waals surface area contributed by atoms with Crippen LogP contribution in [-0.2, 0) is 35.6 Å². The molecule has 0 fully saturated rings. The zero-order valence-electron chi connectivity index (χ0n) is 25.6. The third kappa shape index (κ3) is 11.9. The molecule has 0 spiro atoms. The average Bonchev–Trinajstić information content (AvgIpc) is 2.90. The topological polar surface area (TPSA) is 138 Å².